The summed E-state index contributed by atoms with van der Waals surface area (Å²) in [4.78, 5) is 14.1. The second kappa shape index (κ2) is 6.15. The first kappa shape index (κ1) is 14.0. The summed E-state index contributed by atoms with van der Waals surface area (Å²) < 4.78 is 13.4. The van der Waals surface area contributed by atoms with E-state index in [4.69, 9.17) is 0 Å². The van der Waals surface area contributed by atoms with Crippen molar-refractivity contribution >= 4 is 11.6 Å². The Balaban J connectivity index is 1.89. The summed E-state index contributed by atoms with van der Waals surface area (Å²) in [5, 5.41) is 2.63. The zero-order chi connectivity index (χ0) is 13.8. The largest absolute Gasteiger partial charge is 0.322 e. The standard InChI is InChI=1S/C15H21FN2O/c1-11-7-12(2)9-18(8-11)10-15(19)17-14-6-4-3-5-13(14)16/h3-6,11-12H,7-10H2,1-2H3,(H,17,19)/t11-,12-/m1/s1. The molecule has 3 nitrogen and oxygen atoms in total. The van der Waals surface area contributed by atoms with E-state index in [1.807, 2.05) is 0 Å². The lowest BCUT2D eigenvalue weighted by Gasteiger charge is -2.34. The zero-order valence-electron chi connectivity index (χ0n) is 11.5. The van der Waals surface area contributed by atoms with Crippen LogP contribution in [-0.4, -0.2) is 30.4 Å². The molecule has 0 bridgehead atoms. The molecule has 2 atom stereocenters. The lowest BCUT2D eigenvalue weighted by Crippen LogP contribution is -2.42. The third-order valence-electron chi connectivity index (χ3n) is 3.46. The van der Waals surface area contributed by atoms with Crippen molar-refractivity contribution in [1.82, 2.24) is 4.90 Å². The van der Waals surface area contributed by atoms with Crippen molar-refractivity contribution in [3.8, 4) is 0 Å². The molecule has 0 unspecified atom stereocenters. The first-order valence-electron chi connectivity index (χ1n) is 6.81. The van der Waals surface area contributed by atoms with Gasteiger partial charge in [-0.2, -0.15) is 0 Å². The van der Waals surface area contributed by atoms with Crippen molar-refractivity contribution in [2.45, 2.75) is 20.3 Å². The van der Waals surface area contributed by atoms with Gasteiger partial charge in [-0.25, -0.2) is 4.39 Å². The van der Waals surface area contributed by atoms with Crippen LogP contribution in [0, 0.1) is 17.7 Å². The Labute approximate surface area is 113 Å². The summed E-state index contributed by atoms with van der Waals surface area (Å²) in [5.41, 5.74) is 0.255. The normalized spacial score (nSPS) is 24.2. The molecule has 1 aromatic carbocycles. The van der Waals surface area contributed by atoms with Crippen LogP contribution in [0.5, 0.6) is 0 Å². The molecule has 19 heavy (non-hydrogen) atoms. The van der Waals surface area contributed by atoms with E-state index in [0.29, 0.717) is 18.4 Å². The van der Waals surface area contributed by atoms with Crippen LogP contribution in [0.25, 0.3) is 0 Å². The minimum atomic E-state index is -0.392. The fourth-order valence-electron chi connectivity index (χ4n) is 2.88. The molecule has 0 spiro atoms. The molecule has 1 fully saturated rings. The van der Waals surface area contributed by atoms with E-state index in [-0.39, 0.29) is 11.6 Å². The summed E-state index contributed by atoms with van der Waals surface area (Å²) in [6, 6.07) is 6.25. The molecule has 0 saturated carbocycles. The molecule has 0 radical (unpaired) electrons. The fraction of sp³-hybridized carbons (Fsp3) is 0.533. The average Bonchev–Trinajstić information content (AvgIpc) is 2.30. The molecule has 104 valence electrons. The van der Waals surface area contributed by atoms with Crippen molar-refractivity contribution in [3.05, 3.63) is 30.1 Å². The summed E-state index contributed by atoms with van der Waals surface area (Å²) in [7, 11) is 0. The minimum absolute atomic E-state index is 0.147. The van der Waals surface area contributed by atoms with E-state index in [2.05, 4.69) is 24.1 Å². The van der Waals surface area contributed by atoms with Crippen LogP contribution in [0.1, 0.15) is 20.3 Å². The van der Waals surface area contributed by atoms with E-state index >= 15 is 0 Å². The first-order valence-corrected chi connectivity index (χ1v) is 6.81. The van der Waals surface area contributed by atoms with Crippen LogP contribution in [0.15, 0.2) is 24.3 Å². The van der Waals surface area contributed by atoms with Crippen LogP contribution in [0.3, 0.4) is 0 Å². The van der Waals surface area contributed by atoms with E-state index in [1.54, 1.807) is 18.2 Å². The van der Waals surface area contributed by atoms with Crippen molar-refractivity contribution in [2.24, 2.45) is 11.8 Å². The summed E-state index contributed by atoms with van der Waals surface area (Å²) in [5.74, 6) is 0.692. The smallest absolute Gasteiger partial charge is 0.238 e. The number of carbonyl (C=O) groups is 1. The number of para-hydroxylation sites is 1. The van der Waals surface area contributed by atoms with Crippen molar-refractivity contribution < 1.29 is 9.18 Å². The number of hydrogen-bond donors (Lipinski definition) is 1. The van der Waals surface area contributed by atoms with Gasteiger partial charge in [0.1, 0.15) is 5.82 Å². The topological polar surface area (TPSA) is 32.3 Å². The van der Waals surface area contributed by atoms with Gasteiger partial charge in [0.2, 0.25) is 5.91 Å². The molecule has 1 aromatic rings. The van der Waals surface area contributed by atoms with Gasteiger partial charge in [-0.1, -0.05) is 26.0 Å². The highest BCUT2D eigenvalue weighted by molar-refractivity contribution is 5.92. The lowest BCUT2D eigenvalue weighted by molar-refractivity contribution is -0.117. The van der Waals surface area contributed by atoms with E-state index in [9.17, 15) is 9.18 Å². The predicted molar refractivity (Wildman–Crippen MR) is 74.4 cm³/mol. The van der Waals surface area contributed by atoms with Crippen LogP contribution in [0.4, 0.5) is 10.1 Å². The summed E-state index contributed by atoms with van der Waals surface area (Å²) in [6.07, 6.45) is 1.21. The molecule has 1 aliphatic rings. The van der Waals surface area contributed by atoms with Crippen LogP contribution in [0.2, 0.25) is 0 Å². The maximum atomic E-state index is 13.4. The number of rotatable bonds is 3. The van der Waals surface area contributed by atoms with Crippen molar-refractivity contribution in [2.75, 3.05) is 25.0 Å². The number of piperidine rings is 1. The Hall–Kier alpha value is -1.42. The van der Waals surface area contributed by atoms with E-state index in [1.165, 1.54) is 12.5 Å². The molecule has 1 aliphatic heterocycles. The third-order valence-corrected chi connectivity index (χ3v) is 3.46. The average molecular weight is 264 g/mol. The van der Waals surface area contributed by atoms with Gasteiger partial charge in [0.05, 0.1) is 12.2 Å². The number of nitrogens with zero attached hydrogens (tertiary/aromatic N) is 1. The maximum Gasteiger partial charge on any atom is 0.238 e. The molecule has 0 aliphatic carbocycles. The Kier molecular flexibility index (Phi) is 4.53. The van der Waals surface area contributed by atoms with Gasteiger partial charge in [0.15, 0.2) is 0 Å². The second-order valence-electron chi connectivity index (χ2n) is 5.67. The molecular weight excluding hydrogens is 243 g/mol. The number of amides is 1. The van der Waals surface area contributed by atoms with Gasteiger partial charge < -0.3 is 5.32 Å². The van der Waals surface area contributed by atoms with Crippen LogP contribution >= 0.6 is 0 Å². The highest BCUT2D eigenvalue weighted by Crippen LogP contribution is 2.20. The molecule has 1 N–H and O–H groups in total. The number of halogens is 1. The second-order valence-corrected chi connectivity index (χ2v) is 5.67. The van der Waals surface area contributed by atoms with Gasteiger partial charge in [0.25, 0.3) is 0 Å². The van der Waals surface area contributed by atoms with Crippen molar-refractivity contribution in [3.63, 3.8) is 0 Å². The quantitative estimate of drug-likeness (QED) is 0.910. The third kappa shape index (κ3) is 4.03. The molecule has 2 rings (SSSR count). The number of anilines is 1. The van der Waals surface area contributed by atoms with Crippen molar-refractivity contribution in [1.29, 1.82) is 0 Å². The Morgan fingerprint density at radius 3 is 2.58 bits per heavy atom. The van der Waals surface area contributed by atoms with Crippen LogP contribution in [-0.2, 0) is 4.79 Å². The highest BCUT2D eigenvalue weighted by atomic mass is 19.1. The van der Waals surface area contributed by atoms with Gasteiger partial charge in [-0.05, 0) is 30.4 Å². The molecule has 4 heteroatoms. The maximum absolute atomic E-state index is 13.4. The highest BCUT2D eigenvalue weighted by Gasteiger charge is 2.23. The van der Waals surface area contributed by atoms with E-state index in [0.717, 1.165) is 13.1 Å². The number of hydrogen-bond acceptors (Lipinski definition) is 2. The summed E-state index contributed by atoms with van der Waals surface area (Å²) >= 11 is 0. The number of carbonyl (C=O) groups excluding carboxylic acids is 1. The van der Waals surface area contributed by atoms with Gasteiger partial charge in [0, 0.05) is 13.1 Å². The lowest BCUT2D eigenvalue weighted by atomic mass is 9.92. The van der Waals surface area contributed by atoms with E-state index < -0.39 is 5.82 Å². The molecule has 1 heterocycles. The molecule has 1 saturated heterocycles. The van der Waals surface area contributed by atoms with Gasteiger partial charge >= 0.3 is 0 Å². The van der Waals surface area contributed by atoms with Crippen LogP contribution < -0.4 is 5.32 Å². The molecule has 1 amide bonds. The number of nitrogens with one attached hydrogen (secondary N) is 1. The number of likely N-dealkylation sites (tertiary alicyclic amines) is 1. The van der Waals surface area contributed by atoms with Gasteiger partial charge in [-0.3, -0.25) is 9.69 Å². The molecule has 0 aromatic heterocycles. The Morgan fingerprint density at radius 1 is 1.32 bits per heavy atom. The zero-order valence-corrected chi connectivity index (χ0v) is 11.5. The van der Waals surface area contributed by atoms with Gasteiger partial charge in [-0.15, -0.1) is 0 Å². The first-order chi connectivity index (χ1) is 9.04. The Morgan fingerprint density at radius 2 is 1.95 bits per heavy atom. The summed E-state index contributed by atoms with van der Waals surface area (Å²) in [6.45, 7) is 6.63. The predicted octanol–water partition coefficient (Wildman–Crippen LogP) is 2.74. The fourth-order valence-corrected chi connectivity index (χ4v) is 2.88. The number of benzene rings is 1. The monoisotopic (exact) mass is 264 g/mol. The molecular formula is C15H21FN2O. The minimum Gasteiger partial charge on any atom is -0.322 e. The Bertz CT molecular complexity index is 440. The SMILES string of the molecule is C[C@@H]1C[C@@H](C)CN(CC(=O)Nc2ccccc2F)C1.